The van der Waals surface area contributed by atoms with Crippen LogP contribution >= 0.6 is 11.6 Å². The molecule has 0 radical (unpaired) electrons. The molecule has 1 aliphatic carbocycles. The van der Waals surface area contributed by atoms with Gasteiger partial charge in [-0.1, -0.05) is 29.8 Å². The molecule has 6 heteroatoms. The van der Waals surface area contributed by atoms with Crippen LogP contribution in [0, 0.1) is 25.1 Å². The minimum absolute atomic E-state index is 0.0659. The SMILES string of the molecule is Cc1cc(C)c(NC(=O)C2(C(=O)Nc3ccccc3F)CC2)c(Cl)c1. The zero-order valence-electron chi connectivity index (χ0n) is 14.0. The number of hydrogen-bond acceptors (Lipinski definition) is 2. The number of nitrogens with one attached hydrogen (secondary N) is 2. The summed E-state index contributed by atoms with van der Waals surface area (Å²) in [5, 5.41) is 5.70. The lowest BCUT2D eigenvalue weighted by Gasteiger charge is -2.18. The molecule has 0 heterocycles. The van der Waals surface area contributed by atoms with E-state index in [4.69, 9.17) is 11.6 Å². The minimum atomic E-state index is -1.18. The second-order valence-electron chi connectivity index (χ2n) is 6.41. The van der Waals surface area contributed by atoms with E-state index in [1.165, 1.54) is 18.2 Å². The van der Waals surface area contributed by atoms with Gasteiger partial charge in [0, 0.05) is 0 Å². The molecule has 0 bridgehead atoms. The summed E-state index contributed by atoms with van der Waals surface area (Å²) >= 11 is 6.21. The Morgan fingerprint density at radius 2 is 1.72 bits per heavy atom. The third kappa shape index (κ3) is 3.37. The van der Waals surface area contributed by atoms with Crippen molar-refractivity contribution in [2.45, 2.75) is 26.7 Å². The third-order valence-corrected chi connectivity index (χ3v) is 4.71. The van der Waals surface area contributed by atoms with Crippen molar-refractivity contribution in [3.63, 3.8) is 0 Å². The molecule has 130 valence electrons. The van der Waals surface area contributed by atoms with Gasteiger partial charge in [0.25, 0.3) is 0 Å². The summed E-state index contributed by atoms with van der Waals surface area (Å²) in [4.78, 5) is 25.2. The predicted molar refractivity (Wildman–Crippen MR) is 96.3 cm³/mol. The first-order chi connectivity index (χ1) is 11.8. The first-order valence-corrected chi connectivity index (χ1v) is 8.35. The van der Waals surface area contributed by atoms with Gasteiger partial charge in [-0.25, -0.2) is 4.39 Å². The van der Waals surface area contributed by atoms with Crippen LogP contribution in [0.5, 0.6) is 0 Å². The first kappa shape index (κ1) is 17.4. The van der Waals surface area contributed by atoms with E-state index in [1.807, 2.05) is 19.9 Å². The molecule has 0 atom stereocenters. The molecule has 2 amide bonds. The number of aryl methyl sites for hydroxylation is 2. The molecule has 0 saturated heterocycles. The van der Waals surface area contributed by atoms with Crippen molar-refractivity contribution < 1.29 is 14.0 Å². The third-order valence-electron chi connectivity index (χ3n) is 4.41. The van der Waals surface area contributed by atoms with Crippen molar-refractivity contribution in [3.8, 4) is 0 Å². The molecule has 1 fully saturated rings. The topological polar surface area (TPSA) is 58.2 Å². The average Bonchev–Trinajstić information content (AvgIpc) is 3.34. The Bertz CT molecular complexity index is 839. The Balaban J connectivity index is 1.78. The molecule has 1 aliphatic rings. The number of rotatable bonds is 4. The molecule has 0 spiro atoms. The lowest BCUT2D eigenvalue weighted by molar-refractivity contribution is -0.131. The Hall–Kier alpha value is -2.40. The predicted octanol–water partition coefficient (Wildman–Crippen LogP) is 4.45. The highest BCUT2D eigenvalue weighted by Crippen LogP contribution is 2.48. The van der Waals surface area contributed by atoms with Gasteiger partial charge in [0.05, 0.1) is 16.4 Å². The van der Waals surface area contributed by atoms with Crippen LogP contribution in [0.25, 0.3) is 0 Å². The van der Waals surface area contributed by atoms with Crippen LogP contribution in [0.1, 0.15) is 24.0 Å². The van der Waals surface area contributed by atoms with Gasteiger partial charge in [-0.3, -0.25) is 9.59 Å². The van der Waals surface area contributed by atoms with Gasteiger partial charge in [0.15, 0.2) is 0 Å². The van der Waals surface area contributed by atoms with Crippen molar-refractivity contribution in [2.24, 2.45) is 5.41 Å². The smallest absolute Gasteiger partial charge is 0.240 e. The maximum atomic E-state index is 13.7. The molecule has 2 N–H and O–H groups in total. The number of anilines is 2. The number of amides is 2. The maximum absolute atomic E-state index is 13.7. The standard InChI is InChI=1S/C19H18ClFN2O2/c1-11-9-12(2)16(13(20)10-11)23-18(25)19(7-8-19)17(24)22-15-6-4-3-5-14(15)21/h3-6,9-10H,7-8H2,1-2H3,(H,22,24)(H,23,25). The fraction of sp³-hybridized carbons (Fsp3) is 0.263. The van der Waals surface area contributed by atoms with E-state index in [0.29, 0.717) is 23.6 Å². The zero-order valence-corrected chi connectivity index (χ0v) is 14.7. The van der Waals surface area contributed by atoms with E-state index < -0.39 is 23.0 Å². The summed E-state index contributed by atoms with van der Waals surface area (Å²) in [5.41, 5.74) is 1.20. The van der Waals surface area contributed by atoms with E-state index >= 15 is 0 Å². The van der Waals surface area contributed by atoms with Gasteiger partial charge in [0.1, 0.15) is 11.2 Å². The summed E-state index contributed by atoms with van der Waals surface area (Å²) in [6.07, 6.45) is 0.837. The fourth-order valence-corrected chi connectivity index (χ4v) is 3.16. The molecular weight excluding hydrogens is 343 g/mol. The number of carbonyl (C=O) groups excluding carboxylic acids is 2. The van der Waals surface area contributed by atoms with Crippen LogP contribution < -0.4 is 10.6 Å². The lowest BCUT2D eigenvalue weighted by atomic mass is 10.0. The van der Waals surface area contributed by atoms with E-state index in [2.05, 4.69) is 10.6 Å². The van der Waals surface area contributed by atoms with Crippen LogP contribution in [0.3, 0.4) is 0 Å². The molecule has 0 aromatic heterocycles. The summed E-state index contributed by atoms with van der Waals surface area (Å²) in [6, 6.07) is 9.52. The van der Waals surface area contributed by atoms with Gasteiger partial charge in [0.2, 0.25) is 11.8 Å². The van der Waals surface area contributed by atoms with E-state index in [0.717, 1.165) is 11.1 Å². The van der Waals surface area contributed by atoms with Crippen molar-refractivity contribution in [3.05, 3.63) is 58.4 Å². The molecular formula is C19H18ClFN2O2. The zero-order chi connectivity index (χ0) is 18.2. The molecule has 0 aliphatic heterocycles. The number of carbonyl (C=O) groups is 2. The molecule has 4 nitrogen and oxygen atoms in total. The molecule has 0 unspecified atom stereocenters. The highest BCUT2D eigenvalue weighted by molar-refractivity contribution is 6.34. The molecule has 2 aromatic rings. The summed E-state index contributed by atoms with van der Waals surface area (Å²) in [7, 11) is 0. The number of para-hydroxylation sites is 1. The second-order valence-corrected chi connectivity index (χ2v) is 6.82. The number of benzene rings is 2. The van der Waals surface area contributed by atoms with Crippen molar-refractivity contribution in [2.75, 3.05) is 10.6 Å². The highest BCUT2D eigenvalue weighted by Gasteiger charge is 2.56. The number of halogens is 2. The lowest BCUT2D eigenvalue weighted by Crippen LogP contribution is -2.36. The summed E-state index contributed by atoms with van der Waals surface area (Å²) < 4.78 is 13.7. The summed E-state index contributed by atoms with van der Waals surface area (Å²) in [5.74, 6) is -1.46. The fourth-order valence-electron chi connectivity index (χ4n) is 2.79. The van der Waals surface area contributed by atoms with Crippen LogP contribution in [0.15, 0.2) is 36.4 Å². The van der Waals surface area contributed by atoms with Gasteiger partial charge >= 0.3 is 0 Å². The highest BCUT2D eigenvalue weighted by atomic mass is 35.5. The minimum Gasteiger partial charge on any atom is -0.324 e. The van der Waals surface area contributed by atoms with Gasteiger partial charge in [-0.15, -0.1) is 0 Å². The molecule has 3 rings (SSSR count). The van der Waals surface area contributed by atoms with Crippen LogP contribution in [-0.2, 0) is 9.59 Å². The quantitative estimate of drug-likeness (QED) is 0.791. The van der Waals surface area contributed by atoms with Gasteiger partial charge in [-0.2, -0.15) is 0 Å². The molecule has 1 saturated carbocycles. The monoisotopic (exact) mass is 360 g/mol. The van der Waals surface area contributed by atoms with Crippen LogP contribution in [0.2, 0.25) is 5.02 Å². The Morgan fingerprint density at radius 1 is 1.08 bits per heavy atom. The van der Waals surface area contributed by atoms with Gasteiger partial charge in [-0.05, 0) is 56.0 Å². The largest absolute Gasteiger partial charge is 0.324 e. The van der Waals surface area contributed by atoms with E-state index in [-0.39, 0.29) is 5.69 Å². The molecule has 2 aromatic carbocycles. The van der Waals surface area contributed by atoms with Crippen LogP contribution in [-0.4, -0.2) is 11.8 Å². The summed E-state index contributed by atoms with van der Waals surface area (Å²) in [6.45, 7) is 3.75. The number of hydrogen-bond donors (Lipinski definition) is 2. The Labute approximate surface area is 150 Å². The van der Waals surface area contributed by atoms with Crippen molar-refractivity contribution in [1.82, 2.24) is 0 Å². The van der Waals surface area contributed by atoms with E-state index in [9.17, 15) is 14.0 Å². The van der Waals surface area contributed by atoms with E-state index in [1.54, 1.807) is 12.1 Å². The normalized spacial score (nSPS) is 14.7. The maximum Gasteiger partial charge on any atom is 0.240 e. The average molecular weight is 361 g/mol. The van der Waals surface area contributed by atoms with Gasteiger partial charge < -0.3 is 10.6 Å². The first-order valence-electron chi connectivity index (χ1n) is 7.98. The second kappa shape index (κ2) is 6.48. The van der Waals surface area contributed by atoms with Crippen molar-refractivity contribution >= 4 is 34.8 Å². The van der Waals surface area contributed by atoms with Crippen LogP contribution in [0.4, 0.5) is 15.8 Å². The Kier molecular flexibility index (Phi) is 4.52. The van der Waals surface area contributed by atoms with Crippen molar-refractivity contribution in [1.29, 1.82) is 0 Å². The molecule has 25 heavy (non-hydrogen) atoms. The Morgan fingerprint density at radius 3 is 2.32 bits per heavy atom.